The van der Waals surface area contributed by atoms with Crippen LogP contribution in [-0.2, 0) is 16.1 Å². The molecule has 2 aromatic rings. The van der Waals surface area contributed by atoms with Gasteiger partial charge in [-0.2, -0.15) is 0 Å². The molecule has 0 saturated carbocycles. The molecule has 1 atom stereocenters. The fourth-order valence-electron chi connectivity index (χ4n) is 3.43. The highest BCUT2D eigenvalue weighted by molar-refractivity contribution is 5.93. The van der Waals surface area contributed by atoms with Gasteiger partial charge >= 0.3 is 6.09 Å². The summed E-state index contributed by atoms with van der Waals surface area (Å²) in [7, 11) is 0. The van der Waals surface area contributed by atoms with E-state index in [1.54, 1.807) is 23.1 Å². The van der Waals surface area contributed by atoms with Crippen LogP contribution in [0.2, 0.25) is 0 Å². The topological polar surface area (TPSA) is 111 Å². The molecule has 164 valence electrons. The number of likely N-dealkylation sites (tertiary alicyclic amines) is 1. The number of primary amides is 1. The van der Waals surface area contributed by atoms with E-state index in [0.29, 0.717) is 30.8 Å². The summed E-state index contributed by atoms with van der Waals surface area (Å²) in [6, 6.07) is 16.0. The number of ether oxygens (including phenoxy) is 2. The zero-order valence-corrected chi connectivity index (χ0v) is 17.5. The molecular formula is C23H27N3O5. The van der Waals surface area contributed by atoms with Gasteiger partial charge in [0.25, 0.3) is 0 Å². The van der Waals surface area contributed by atoms with Crippen molar-refractivity contribution in [3.05, 3.63) is 65.7 Å². The number of nitrogens with one attached hydrogen (secondary N) is 1. The second kappa shape index (κ2) is 9.97. The standard InChI is InChI=1S/C23H27N3O5/c1-23(11-12-26(16-23)22(29)31-15-17-6-3-2-4-7-17)25-20(27)10-13-30-19-9-5-8-18(14-19)21(24)28/h2-9,14H,10-13,15-16H2,1H3,(H2,24,28)(H,25,27). The maximum atomic E-state index is 12.4. The Morgan fingerprint density at radius 2 is 1.90 bits per heavy atom. The van der Waals surface area contributed by atoms with Crippen molar-refractivity contribution >= 4 is 17.9 Å². The smallest absolute Gasteiger partial charge is 0.410 e. The third kappa shape index (κ3) is 6.47. The molecule has 1 unspecified atom stereocenters. The van der Waals surface area contributed by atoms with Gasteiger partial charge in [-0.25, -0.2) is 4.79 Å². The molecule has 8 nitrogen and oxygen atoms in total. The summed E-state index contributed by atoms with van der Waals surface area (Å²) in [6.07, 6.45) is 0.398. The minimum atomic E-state index is -0.538. The van der Waals surface area contributed by atoms with Crippen LogP contribution in [0.4, 0.5) is 4.79 Å². The number of rotatable bonds is 8. The minimum Gasteiger partial charge on any atom is -0.493 e. The average molecular weight is 425 g/mol. The van der Waals surface area contributed by atoms with Crippen molar-refractivity contribution in [1.82, 2.24) is 10.2 Å². The number of nitrogens with two attached hydrogens (primary N) is 1. The van der Waals surface area contributed by atoms with Gasteiger partial charge < -0.3 is 25.4 Å². The van der Waals surface area contributed by atoms with E-state index in [9.17, 15) is 14.4 Å². The molecule has 0 aliphatic carbocycles. The van der Waals surface area contributed by atoms with Gasteiger partial charge in [0.15, 0.2) is 0 Å². The molecule has 3 rings (SSSR count). The Morgan fingerprint density at radius 1 is 1.13 bits per heavy atom. The first-order chi connectivity index (χ1) is 14.8. The first-order valence-electron chi connectivity index (χ1n) is 10.1. The Morgan fingerprint density at radius 3 is 2.65 bits per heavy atom. The van der Waals surface area contributed by atoms with E-state index in [0.717, 1.165) is 5.56 Å². The van der Waals surface area contributed by atoms with Gasteiger partial charge in [0, 0.05) is 18.7 Å². The maximum Gasteiger partial charge on any atom is 0.410 e. The molecule has 1 aliphatic heterocycles. The van der Waals surface area contributed by atoms with Crippen molar-refractivity contribution < 1.29 is 23.9 Å². The highest BCUT2D eigenvalue weighted by Crippen LogP contribution is 2.22. The summed E-state index contributed by atoms with van der Waals surface area (Å²) >= 11 is 0. The van der Waals surface area contributed by atoms with Crippen LogP contribution in [0.15, 0.2) is 54.6 Å². The Balaban J connectivity index is 1.41. The molecule has 0 radical (unpaired) electrons. The van der Waals surface area contributed by atoms with Crippen molar-refractivity contribution in [1.29, 1.82) is 0 Å². The number of amides is 3. The van der Waals surface area contributed by atoms with Crippen LogP contribution < -0.4 is 15.8 Å². The fraction of sp³-hybridized carbons (Fsp3) is 0.348. The van der Waals surface area contributed by atoms with Gasteiger partial charge in [-0.15, -0.1) is 0 Å². The summed E-state index contributed by atoms with van der Waals surface area (Å²) in [5, 5.41) is 2.99. The third-order valence-corrected chi connectivity index (χ3v) is 5.09. The molecule has 1 saturated heterocycles. The molecular weight excluding hydrogens is 398 g/mol. The Hall–Kier alpha value is -3.55. The van der Waals surface area contributed by atoms with Crippen molar-refractivity contribution in [3.8, 4) is 5.75 Å². The van der Waals surface area contributed by atoms with Crippen LogP contribution in [0.1, 0.15) is 35.7 Å². The summed E-state index contributed by atoms with van der Waals surface area (Å²) in [5.41, 5.74) is 6.00. The lowest BCUT2D eigenvalue weighted by Crippen LogP contribution is -2.48. The van der Waals surface area contributed by atoms with E-state index in [2.05, 4.69) is 5.32 Å². The number of hydrogen-bond donors (Lipinski definition) is 2. The second-order valence-electron chi connectivity index (χ2n) is 7.81. The van der Waals surface area contributed by atoms with Crippen LogP contribution in [0, 0.1) is 0 Å². The highest BCUT2D eigenvalue weighted by Gasteiger charge is 2.37. The van der Waals surface area contributed by atoms with E-state index in [1.807, 2.05) is 37.3 Å². The molecule has 1 aliphatic rings. The third-order valence-electron chi connectivity index (χ3n) is 5.09. The molecule has 2 aromatic carbocycles. The predicted molar refractivity (Wildman–Crippen MR) is 114 cm³/mol. The number of hydrogen-bond acceptors (Lipinski definition) is 5. The molecule has 8 heteroatoms. The van der Waals surface area contributed by atoms with Gasteiger partial charge in [-0.1, -0.05) is 36.4 Å². The van der Waals surface area contributed by atoms with E-state index in [-0.39, 0.29) is 31.6 Å². The molecule has 0 bridgehead atoms. The summed E-state index contributed by atoms with van der Waals surface area (Å²) in [4.78, 5) is 37.5. The van der Waals surface area contributed by atoms with E-state index < -0.39 is 11.4 Å². The largest absolute Gasteiger partial charge is 0.493 e. The average Bonchev–Trinajstić information content (AvgIpc) is 3.14. The molecule has 3 amide bonds. The molecule has 1 heterocycles. The van der Waals surface area contributed by atoms with Gasteiger partial charge in [-0.05, 0) is 37.1 Å². The zero-order valence-electron chi connectivity index (χ0n) is 17.5. The summed E-state index contributed by atoms with van der Waals surface area (Å²) in [5.74, 6) is -0.235. The van der Waals surface area contributed by atoms with Gasteiger partial charge in [0.2, 0.25) is 11.8 Å². The molecule has 0 spiro atoms. The Bertz CT molecular complexity index is 934. The van der Waals surface area contributed by atoms with E-state index >= 15 is 0 Å². The minimum absolute atomic E-state index is 0.148. The molecule has 31 heavy (non-hydrogen) atoms. The summed E-state index contributed by atoms with van der Waals surface area (Å²) < 4.78 is 10.9. The van der Waals surface area contributed by atoms with Crippen LogP contribution in [-0.4, -0.2) is 48.0 Å². The number of carbonyl (C=O) groups excluding carboxylic acids is 3. The molecule has 0 aromatic heterocycles. The van der Waals surface area contributed by atoms with E-state index in [4.69, 9.17) is 15.2 Å². The van der Waals surface area contributed by atoms with E-state index in [1.165, 1.54) is 6.07 Å². The summed E-state index contributed by atoms with van der Waals surface area (Å²) in [6.45, 7) is 3.18. The Kier molecular flexibility index (Phi) is 7.12. The van der Waals surface area contributed by atoms with Gasteiger partial charge in [0.05, 0.1) is 18.6 Å². The predicted octanol–water partition coefficient (Wildman–Crippen LogP) is 2.47. The fourth-order valence-corrected chi connectivity index (χ4v) is 3.43. The maximum absolute atomic E-state index is 12.4. The SMILES string of the molecule is CC1(NC(=O)CCOc2cccc(C(N)=O)c2)CCN(C(=O)OCc2ccccc2)C1. The van der Waals surface area contributed by atoms with Crippen molar-refractivity contribution in [2.45, 2.75) is 31.9 Å². The lowest BCUT2D eigenvalue weighted by Gasteiger charge is -2.26. The van der Waals surface area contributed by atoms with Crippen LogP contribution >= 0.6 is 0 Å². The van der Waals surface area contributed by atoms with Crippen molar-refractivity contribution in [2.75, 3.05) is 19.7 Å². The highest BCUT2D eigenvalue weighted by atomic mass is 16.6. The van der Waals surface area contributed by atoms with Gasteiger partial charge in [-0.3, -0.25) is 9.59 Å². The number of nitrogens with zero attached hydrogens (tertiary/aromatic N) is 1. The Labute approximate surface area is 181 Å². The molecule has 3 N–H and O–H groups in total. The zero-order chi connectivity index (χ0) is 22.3. The van der Waals surface area contributed by atoms with Crippen LogP contribution in [0.3, 0.4) is 0 Å². The second-order valence-corrected chi connectivity index (χ2v) is 7.81. The molecule has 1 fully saturated rings. The van der Waals surface area contributed by atoms with Crippen LogP contribution in [0.25, 0.3) is 0 Å². The number of benzene rings is 2. The normalized spacial score (nSPS) is 17.8. The lowest BCUT2D eigenvalue weighted by atomic mass is 10.0. The first kappa shape index (κ1) is 22.1. The van der Waals surface area contributed by atoms with Crippen molar-refractivity contribution in [2.24, 2.45) is 5.73 Å². The van der Waals surface area contributed by atoms with Crippen LogP contribution in [0.5, 0.6) is 5.75 Å². The lowest BCUT2D eigenvalue weighted by molar-refractivity contribution is -0.123. The van der Waals surface area contributed by atoms with Gasteiger partial charge in [0.1, 0.15) is 12.4 Å². The quantitative estimate of drug-likeness (QED) is 0.675. The van der Waals surface area contributed by atoms with Crippen molar-refractivity contribution in [3.63, 3.8) is 0 Å². The first-order valence-corrected chi connectivity index (χ1v) is 10.1. The monoisotopic (exact) mass is 425 g/mol. The number of carbonyl (C=O) groups is 3.